The van der Waals surface area contributed by atoms with Gasteiger partial charge in [-0.3, -0.25) is 0 Å². The molecule has 0 bridgehead atoms. The highest BCUT2D eigenvalue weighted by molar-refractivity contribution is 5.94. The fraction of sp³-hybridized carbons (Fsp3) is 0.429. The quantitative estimate of drug-likeness (QED) is 0.782. The molecule has 21 heavy (non-hydrogen) atoms. The van der Waals surface area contributed by atoms with Gasteiger partial charge in [-0.05, 0) is 25.0 Å². The molecule has 3 N–H and O–H groups in total. The molecule has 1 aliphatic heterocycles. The van der Waals surface area contributed by atoms with Crippen LogP contribution < -0.4 is 10.1 Å². The number of ether oxygens (including phenoxy) is 1. The number of urea groups is 1. The molecule has 7 heteroatoms. The van der Waals surface area contributed by atoms with Crippen molar-refractivity contribution in [2.45, 2.75) is 18.9 Å². The van der Waals surface area contributed by atoms with E-state index < -0.39 is 5.97 Å². The van der Waals surface area contributed by atoms with Crippen LogP contribution >= 0.6 is 0 Å². The van der Waals surface area contributed by atoms with Gasteiger partial charge in [0.05, 0.1) is 13.2 Å². The molecule has 0 saturated carbocycles. The molecule has 1 aliphatic rings. The minimum Gasteiger partial charge on any atom is -0.496 e. The minimum atomic E-state index is -1.09. The summed E-state index contributed by atoms with van der Waals surface area (Å²) in [5.41, 5.74) is 0.504. The Labute approximate surface area is 122 Å². The number of nitrogens with zero attached hydrogens (tertiary/aromatic N) is 1. The predicted molar refractivity (Wildman–Crippen MR) is 75.8 cm³/mol. The van der Waals surface area contributed by atoms with E-state index in [4.69, 9.17) is 9.84 Å². The third kappa shape index (κ3) is 3.63. The zero-order chi connectivity index (χ0) is 15.4. The number of methoxy groups -OCH3 is 1. The third-order valence-electron chi connectivity index (χ3n) is 3.43. The summed E-state index contributed by atoms with van der Waals surface area (Å²) in [6.45, 7) is 0.995. The van der Waals surface area contributed by atoms with Crippen molar-refractivity contribution in [2.24, 2.45) is 0 Å². The lowest BCUT2D eigenvalue weighted by Crippen LogP contribution is -2.42. The van der Waals surface area contributed by atoms with Gasteiger partial charge < -0.3 is 25.2 Å². The van der Waals surface area contributed by atoms with Gasteiger partial charge in [0.25, 0.3) is 0 Å². The maximum Gasteiger partial charge on any atom is 0.339 e. The molecule has 0 aromatic heterocycles. The highest BCUT2D eigenvalue weighted by atomic mass is 16.5. The van der Waals surface area contributed by atoms with Crippen molar-refractivity contribution in [1.29, 1.82) is 0 Å². The Hall–Kier alpha value is -2.28. The Balaban J connectivity index is 2.05. The van der Waals surface area contributed by atoms with Crippen molar-refractivity contribution in [3.8, 4) is 5.75 Å². The number of carboxylic acids is 1. The molecule has 1 aromatic carbocycles. The second-order valence-corrected chi connectivity index (χ2v) is 4.87. The van der Waals surface area contributed by atoms with Gasteiger partial charge in [0.2, 0.25) is 0 Å². The van der Waals surface area contributed by atoms with Crippen molar-refractivity contribution in [2.75, 3.05) is 25.5 Å². The molecule has 0 atom stereocenters. The first-order chi connectivity index (χ1) is 10.0. The highest BCUT2D eigenvalue weighted by Crippen LogP contribution is 2.23. The van der Waals surface area contributed by atoms with Gasteiger partial charge in [0, 0.05) is 24.8 Å². The number of anilines is 1. The fourth-order valence-electron chi connectivity index (χ4n) is 2.22. The van der Waals surface area contributed by atoms with Gasteiger partial charge in [0.1, 0.15) is 11.3 Å². The Morgan fingerprint density at radius 2 is 2.00 bits per heavy atom. The number of rotatable bonds is 3. The standard InChI is InChI=1S/C14H18N2O5/c1-21-12-8-9(2-3-11(12)13(18)19)15-14(20)16-6-4-10(17)5-7-16/h2-3,8,10,17H,4-7H2,1H3,(H,15,20)(H,18,19). The van der Waals surface area contributed by atoms with Crippen molar-refractivity contribution in [3.05, 3.63) is 23.8 Å². The molecule has 114 valence electrons. The number of aliphatic hydroxyl groups excluding tert-OH is 1. The van der Waals surface area contributed by atoms with Gasteiger partial charge >= 0.3 is 12.0 Å². The number of carbonyl (C=O) groups excluding carboxylic acids is 1. The van der Waals surface area contributed by atoms with Gasteiger partial charge in [-0.25, -0.2) is 9.59 Å². The first-order valence-electron chi connectivity index (χ1n) is 6.66. The van der Waals surface area contributed by atoms with E-state index in [1.807, 2.05) is 0 Å². The maximum absolute atomic E-state index is 12.1. The van der Waals surface area contributed by atoms with Gasteiger partial charge in [0.15, 0.2) is 0 Å². The van der Waals surface area contributed by atoms with Crippen LogP contribution in [0.4, 0.5) is 10.5 Å². The Kier molecular flexibility index (Phi) is 4.64. The number of likely N-dealkylation sites (tertiary alicyclic amines) is 1. The molecule has 0 unspecified atom stereocenters. The largest absolute Gasteiger partial charge is 0.496 e. The molecule has 1 saturated heterocycles. The number of aromatic carboxylic acids is 1. The van der Waals surface area contributed by atoms with E-state index in [9.17, 15) is 14.7 Å². The molecule has 0 aliphatic carbocycles. The summed E-state index contributed by atoms with van der Waals surface area (Å²) in [4.78, 5) is 24.7. The molecule has 1 heterocycles. The van der Waals surface area contributed by atoms with Crippen molar-refractivity contribution < 1.29 is 24.5 Å². The summed E-state index contributed by atoms with van der Waals surface area (Å²) in [5.74, 6) is -0.899. The van der Waals surface area contributed by atoms with Gasteiger partial charge in [-0.15, -0.1) is 0 Å². The lowest BCUT2D eigenvalue weighted by atomic mass is 10.1. The Morgan fingerprint density at radius 1 is 1.33 bits per heavy atom. The van der Waals surface area contributed by atoms with Crippen LogP contribution in [0.25, 0.3) is 0 Å². The molecular weight excluding hydrogens is 276 g/mol. The zero-order valence-corrected chi connectivity index (χ0v) is 11.7. The van der Waals surface area contributed by atoms with Crippen molar-refractivity contribution in [3.63, 3.8) is 0 Å². The van der Waals surface area contributed by atoms with Crippen LogP contribution in [-0.2, 0) is 0 Å². The van der Waals surface area contributed by atoms with E-state index in [1.165, 1.54) is 25.3 Å². The van der Waals surface area contributed by atoms with E-state index in [0.717, 1.165) is 0 Å². The summed E-state index contributed by atoms with van der Waals surface area (Å²) in [6, 6.07) is 4.10. The summed E-state index contributed by atoms with van der Waals surface area (Å²) >= 11 is 0. The van der Waals surface area contributed by atoms with E-state index in [-0.39, 0.29) is 23.4 Å². The van der Waals surface area contributed by atoms with Gasteiger partial charge in [-0.2, -0.15) is 0 Å². The third-order valence-corrected chi connectivity index (χ3v) is 3.43. The lowest BCUT2D eigenvalue weighted by Gasteiger charge is -2.29. The smallest absolute Gasteiger partial charge is 0.339 e. The van der Waals surface area contributed by atoms with Crippen LogP contribution in [0.1, 0.15) is 23.2 Å². The number of piperidine rings is 1. The van der Waals surface area contributed by atoms with Crippen molar-refractivity contribution in [1.82, 2.24) is 4.90 Å². The van der Waals surface area contributed by atoms with Crippen LogP contribution in [0.3, 0.4) is 0 Å². The first-order valence-corrected chi connectivity index (χ1v) is 6.66. The summed E-state index contributed by atoms with van der Waals surface area (Å²) < 4.78 is 5.01. The average molecular weight is 294 g/mol. The molecule has 2 rings (SSSR count). The molecule has 2 amide bonds. The molecule has 1 aromatic rings. The Morgan fingerprint density at radius 3 is 2.57 bits per heavy atom. The number of carboxylic acid groups (broad SMARTS) is 1. The van der Waals surface area contributed by atoms with Crippen LogP contribution in [-0.4, -0.2) is 53.4 Å². The monoisotopic (exact) mass is 294 g/mol. The topological polar surface area (TPSA) is 99.1 Å². The average Bonchev–Trinajstić information content (AvgIpc) is 2.47. The number of aliphatic hydroxyl groups is 1. The summed E-state index contributed by atoms with van der Waals surface area (Å²) in [7, 11) is 1.37. The number of hydrogen-bond donors (Lipinski definition) is 3. The zero-order valence-electron chi connectivity index (χ0n) is 11.7. The molecular formula is C14H18N2O5. The second kappa shape index (κ2) is 6.45. The second-order valence-electron chi connectivity index (χ2n) is 4.87. The van der Waals surface area contributed by atoms with Crippen LogP contribution in [0.2, 0.25) is 0 Å². The van der Waals surface area contributed by atoms with Gasteiger partial charge in [-0.1, -0.05) is 0 Å². The van der Waals surface area contributed by atoms with Crippen molar-refractivity contribution >= 4 is 17.7 Å². The van der Waals surface area contributed by atoms with Crippen LogP contribution in [0.5, 0.6) is 5.75 Å². The first kappa shape index (κ1) is 15.1. The fourth-order valence-corrected chi connectivity index (χ4v) is 2.22. The molecule has 7 nitrogen and oxygen atoms in total. The number of nitrogens with one attached hydrogen (secondary N) is 1. The number of amides is 2. The van der Waals surface area contributed by atoms with Crippen LogP contribution in [0, 0.1) is 0 Å². The van der Waals surface area contributed by atoms with E-state index in [0.29, 0.717) is 31.6 Å². The van der Waals surface area contributed by atoms with Crippen LogP contribution in [0.15, 0.2) is 18.2 Å². The molecule has 1 fully saturated rings. The van der Waals surface area contributed by atoms with E-state index in [1.54, 1.807) is 4.90 Å². The van der Waals surface area contributed by atoms with E-state index >= 15 is 0 Å². The summed E-state index contributed by atoms with van der Waals surface area (Å²) in [5, 5.41) is 21.1. The van der Waals surface area contributed by atoms with E-state index in [2.05, 4.69) is 5.32 Å². The highest BCUT2D eigenvalue weighted by Gasteiger charge is 2.21. The summed E-state index contributed by atoms with van der Waals surface area (Å²) in [6.07, 6.45) is 0.785. The predicted octanol–water partition coefficient (Wildman–Crippen LogP) is 1.38. The normalized spacial score (nSPS) is 15.6. The number of hydrogen-bond acceptors (Lipinski definition) is 4. The number of carbonyl (C=O) groups is 2. The number of benzene rings is 1. The minimum absolute atomic E-state index is 0.0385. The Bertz CT molecular complexity index is 538. The maximum atomic E-state index is 12.1. The lowest BCUT2D eigenvalue weighted by molar-refractivity contribution is 0.0693. The molecule has 0 spiro atoms. The molecule has 0 radical (unpaired) electrons. The SMILES string of the molecule is COc1cc(NC(=O)N2CCC(O)CC2)ccc1C(=O)O.